The van der Waals surface area contributed by atoms with E-state index in [9.17, 15) is 13.2 Å². The van der Waals surface area contributed by atoms with Crippen LogP contribution in [0.15, 0.2) is 16.7 Å². The minimum atomic E-state index is -4.39. The van der Waals surface area contributed by atoms with E-state index in [1.165, 1.54) is 6.20 Å². The zero-order valence-corrected chi connectivity index (χ0v) is 13.4. The van der Waals surface area contributed by atoms with E-state index in [1.54, 1.807) is 0 Å². The lowest BCUT2D eigenvalue weighted by atomic mass is 9.95. The highest BCUT2D eigenvalue weighted by Gasteiger charge is 2.35. The molecule has 1 fully saturated rings. The summed E-state index contributed by atoms with van der Waals surface area (Å²) in [7, 11) is 0. The van der Waals surface area contributed by atoms with Gasteiger partial charge in [-0.2, -0.15) is 24.9 Å². The van der Waals surface area contributed by atoms with Gasteiger partial charge in [-0.25, -0.2) is 4.98 Å². The van der Waals surface area contributed by atoms with Crippen LogP contribution in [0.2, 0.25) is 0 Å². The number of hydrogen-bond donors (Lipinski definition) is 1. The van der Waals surface area contributed by atoms with Gasteiger partial charge in [0.2, 0.25) is 0 Å². The van der Waals surface area contributed by atoms with Crippen molar-refractivity contribution in [3.63, 3.8) is 0 Å². The van der Waals surface area contributed by atoms with Crippen LogP contribution in [0.4, 0.5) is 19.0 Å². The molecular weight excluding hydrogens is 353 g/mol. The van der Waals surface area contributed by atoms with Gasteiger partial charge in [0.1, 0.15) is 5.82 Å². The summed E-state index contributed by atoms with van der Waals surface area (Å²) in [5.41, 5.74) is -0.709. The van der Waals surface area contributed by atoms with Crippen molar-refractivity contribution >= 4 is 33.5 Å². The molecule has 1 saturated carbocycles. The molecule has 0 unspecified atom stereocenters. The minimum Gasteiger partial charge on any atom is -0.367 e. The maximum absolute atomic E-state index is 13.0. The summed E-state index contributed by atoms with van der Waals surface area (Å²) in [6.45, 7) is 0. The van der Waals surface area contributed by atoms with Crippen LogP contribution in [-0.2, 0) is 6.18 Å². The van der Waals surface area contributed by atoms with Crippen LogP contribution in [-0.4, -0.2) is 22.5 Å². The van der Waals surface area contributed by atoms with Gasteiger partial charge in [0.25, 0.3) is 0 Å². The number of aromatic nitrogens is 1. The Labute approximate surface area is 129 Å². The second kappa shape index (κ2) is 6.56. The van der Waals surface area contributed by atoms with Crippen LogP contribution >= 0.6 is 27.7 Å². The summed E-state index contributed by atoms with van der Waals surface area (Å²) in [4.78, 5) is 3.89. The number of rotatable bonds is 3. The van der Waals surface area contributed by atoms with Crippen molar-refractivity contribution < 1.29 is 13.2 Å². The standard InChI is InChI=1S/C13H16BrF3N2S/c1-20-10-4-2-9(3-5-10)19-12-11(13(15,16)17)6-8(14)7-18-12/h6-7,9-10H,2-5H2,1H3,(H,18,19). The smallest absolute Gasteiger partial charge is 0.367 e. The summed E-state index contributed by atoms with van der Waals surface area (Å²) in [5.74, 6) is -0.0618. The van der Waals surface area contributed by atoms with Crippen molar-refractivity contribution in [2.24, 2.45) is 0 Å². The third kappa shape index (κ3) is 4.04. The molecule has 0 atom stereocenters. The monoisotopic (exact) mass is 368 g/mol. The van der Waals surface area contributed by atoms with Crippen LogP contribution in [0.5, 0.6) is 0 Å². The van der Waals surface area contributed by atoms with E-state index in [0.717, 1.165) is 31.7 Å². The van der Waals surface area contributed by atoms with Gasteiger partial charge in [0.15, 0.2) is 0 Å². The normalized spacial score (nSPS) is 23.6. The molecule has 0 aromatic carbocycles. The van der Waals surface area contributed by atoms with Crippen molar-refractivity contribution in [2.75, 3.05) is 11.6 Å². The fourth-order valence-electron chi connectivity index (χ4n) is 2.41. The molecule has 2 nitrogen and oxygen atoms in total. The average molecular weight is 369 g/mol. The molecule has 0 radical (unpaired) electrons. The summed E-state index contributed by atoms with van der Waals surface area (Å²) in [6.07, 6.45) is 2.94. The van der Waals surface area contributed by atoms with Crippen LogP contribution in [0.25, 0.3) is 0 Å². The van der Waals surface area contributed by atoms with Gasteiger partial charge in [-0.05, 0) is 53.9 Å². The molecule has 1 aromatic heterocycles. The molecule has 0 amide bonds. The largest absolute Gasteiger partial charge is 0.419 e. The van der Waals surface area contributed by atoms with Gasteiger partial charge in [-0.15, -0.1) is 0 Å². The molecule has 7 heteroatoms. The summed E-state index contributed by atoms with van der Waals surface area (Å²) in [5, 5.41) is 3.60. The van der Waals surface area contributed by atoms with Crippen LogP contribution < -0.4 is 5.32 Å². The molecule has 20 heavy (non-hydrogen) atoms. The molecule has 0 spiro atoms. The predicted molar refractivity (Wildman–Crippen MR) is 80.1 cm³/mol. The third-order valence-corrected chi connectivity index (χ3v) is 5.08. The highest BCUT2D eigenvalue weighted by atomic mass is 79.9. The second-order valence-electron chi connectivity index (χ2n) is 4.90. The van der Waals surface area contributed by atoms with Crippen molar-refractivity contribution in [2.45, 2.75) is 43.2 Å². The fourth-order valence-corrected chi connectivity index (χ4v) is 3.48. The minimum absolute atomic E-state index is 0.0618. The number of hydrogen-bond acceptors (Lipinski definition) is 3. The van der Waals surface area contributed by atoms with Crippen molar-refractivity contribution in [3.05, 3.63) is 22.3 Å². The van der Waals surface area contributed by atoms with Crippen molar-refractivity contribution in [1.29, 1.82) is 0 Å². The number of nitrogens with one attached hydrogen (secondary N) is 1. The van der Waals surface area contributed by atoms with Gasteiger partial charge in [0, 0.05) is 22.0 Å². The van der Waals surface area contributed by atoms with E-state index in [2.05, 4.69) is 32.5 Å². The fraction of sp³-hybridized carbons (Fsp3) is 0.615. The van der Waals surface area contributed by atoms with Gasteiger partial charge in [-0.3, -0.25) is 0 Å². The van der Waals surface area contributed by atoms with E-state index in [1.807, 2.05) is 11.8 Å². The quantitative estimate of drug-likeness (QED) is 0.816. The molecular formula is C13H16BrF3N2S. The van der Waals surface area contributed by atoms with E-state index in [4.69, 9.17) is 0 Å². The SMILES string of the molecule is CSC1CCC(Nc2ncc(Br)cc2C(F)(F)F)CC1. The Morgan fingerprint density at radius 3 is 2.50 bits per heavy atom. The summed E-state index contributed by atoms with van der Waals surface area (Å²) < 4.78 is 39.3. The predicted octanol–water partition coefficient (Wildman–Crippen LogP) is 4.95. The maximum Gasteiger partial charge on any atom is 0.419 e. The van der Waals surface area contributed by atoms with Crippen LogP contribution in [0.3, 0.4) is 0 Å². The van der Waals surface area contributed by atoms with Crippen molar-refractivity contribution in [1.82, 2.24) is 4.98 Å². The highest BCUT2D eigenvalue weighted by Crippen LogP contribution is 2.36. The lowest BCUT2D eigenvalue weighted by Gasteiger charge is -2.29. The summed E-state index contributed by atoms with van der Waals surface area (Å²) in [6, 6.07) is 1.15. The number of halogens is 4. The lowest BCUT2D eigenvalue weighted by Crippen LogP contribution is -2.28. The first-order valence-corrected chi connectivity index (χ1v) is 8.50. The number of pyridine rings is 1. The Morgan fingerprint density at radius 1 is 1.30 bits per heavy atom. The van der Waals surface area contributed by atoms with E-state index in [0.29, 0.717) is 9.72 Å². The Hall–Kier alpha value is -0.430. The number of anilines is 1. The molecule has 1 aliphatic rings. The van der Waals surface area contributed by atoms with Gasteiger partial charge >= 0.3 is 6.18 Å². The van der Waals surface area contributed by atoms with Gasteiger partial charge < -0.3 is 5.32 Å². The Bertz CT molecular complexity index is 459. The molecule has 112 valence electrons. The zero-order chi connectivity index (χ0) is 14.8. The van der Waals surface area contributed by atoms with Gasteiger partial charge in [-0.1, -0.05) is 0 Å². The van der Waals surface area contributed by atoms with E-state index < -0.39 is 11.7 Å². The first kappa shape index (κ1) is 15.9. The third-order valence-electron chi connectivity index (χ3n) is 3.51. The Balaban J connectivity index is 2.10. The second-order valence-corrected chi connectivity index (χ2v) is 6.95. The topological polar surface area (TPSA) is 24.9 Å². The summed E-state index contributed by atoms with van der Waals surface area (Å²) >= 11 is 4.87. The van der Waals surface area contributed by atoms with E-state index >= 15 is 0 Å². The number of nitrogens with zero attached hydrogens (tertiary/aromatic N) is 1. The molecule has 1 aromatic rings. The molecule has 1 heterocycles. The molecule has 0 saturated heterocycles. The molecule has 2 rings (SSSR count). The Kier molecular flexibility index (Phi) is 5.23. The highest BCUT2D eigenvalue weighted by molar-refractivity contribution is 9.10. The molecule has 1 aliphatic carbocycles. The molecule has 1 N–H and O–H groups in total. The maximum atomic E-state index is 13.0. The van der Waals surface area contributed by atoms with E-state index in [-0.39, 0.29) is 11.9 Å². The zero-order valence-electron chi connectivity index (χ0n) is 11.0. The Morgan fingerprint density at radius 2 is 1.95 bits per heavy atom. The molecule has 0 bridgehead atoms. The first-order chi connectivity index (χ1) is 9.40. The number of alkyl halides is 3. The molecule has 0 aliphatic heterocycles. The lowest BCUT2D eigenvalue weighted by molar-refractivity contribution is -0.137. The average Bonchev–Trinajstić information content (AvgIpc) is 2.40. The van der Waals surface area contributed by atoms with Crippen LogP contribution in [0.1, 0.15) is 31.2 Å². The van der Waals surface area contributed by atoms with Crippen molar-refractivity contribution in [3.8, 4) is 0 Å². The van der Waals surface area contributed by atoms with Gasteiger partial charge in [0.05, 0.1) is 5.56 Å². The van der Waals surface area contributed by atoms with Crippen LogP contribution in [0, 0.1) is 0 Å². The first-order valence-electron chi connectivity index (χ1n) is 6.42. The number of thioether (sulfide) groups is 1.